The minimum absolute atomic E-state index is 0.0403. The molecule has 0 saturated carbocycles. The van der Waals surface area contributed by atoms with Crippen LogP contribution in [0, 0.1) is 0 Å². The fourth-order valence-electron chi connectivity index (χ4n) is 3.65. The third-order valence-electron chi connectivity index (χ3n) is 5.29. The standard InChI is InChI=1S/C23H30N2O3/c1-27-14-13-25(17-18-8-10-22(28-2)11-9-18)23(26)20-6-3-5-19(15-20)21-7-4-12-24-16-21/h3,5-6,8-11,15,21,24H,4,7,12-14,16-17H2,1-2H3. The zero-order chi connectivity index (χ0) is 19.8. The van der Waals surface area contributed by atoms with Gasteiger partial charge in [-0.05, 0) is 60.7 Å². The molecule has 1 aliphatic rings. The molecule has 1 fully saturated rings. The summed E-state index contributed by atoms with van der Waals surface area (Å²) in [4.78, 5) is 15.1. The fourth-order valence-corrected chi connectivity index (χ4v) is 3.65. The number of benzene rings is 2. The lowest BCUT2D eigenvalue weighted by Gasteiger charge is -2.25. The largest absolute Gasteiger partial charge is 0.497 e. The molecule has 5 nitrogen and oxygen atoms in total. The van der Waals surface area contributed by atoms with E-state index in [4.69, 9.17) is 9.47 Å². The second kappa shape index (κ2) is 10.2. The second-order valence-corrected chi connectivity index (χ2v) is 7.24. The number of carbonyl (C=O) groups excluding carboxylic acids is 1. The van der Waals surface area contributed by atoms with Crippen LogP contribution in [0.3, 0.4) is 0 Å². The quantitative estimate of drug-likeness (QED) is 0.760. The van der Waals surface area contributed by atoms with Crippen LogP contribution in [0.5, 0.6) is 5.75 Å². The van der Waals surface area contributed by atoms with Crippen LogP contribution in [-0.2, 0) is 11.3 Å². The number of hydrogen-bond acceptors (Lipinski definition) is 4. The predicted octanol–water partition coefficient (Wildman–Crippen LogP) is 3.45. The Balaban J connectivity index is 1.76. The molecule has 0 aliphatic carbocycles. The van der Waals surface area contributed by atoms with Crippen molar-refractivity contribution in [3.05, 3.63) is 65.2 Å². The molecule has 3 rings (SSSR count). The summed E-state index contributed by atoms with van der Waals surface area (Å²) < 4.78 is 10.5. The van der Waals surface area contributed by atoms with E-state index < -0.39 is 0 Å². The molecular weight excluding hydrogens is 352 g/mol. The molecule has 0 radical (unpaired) electrons. The predicted molar refractivity (Wildman–Crippen MR) is 111 cm³/mol. The van der Waals surface area contributed by atoms with Crippen LogP contribution >= 0.6 is 0 Å². The van der Waals surface area contributed by atoms with Crippen molar-refractivity contribution in [3.8, 4) is 5.75 Å². The van der Waals surface area contributed by atoms with Crippen molar-refractivity contribution in [2.24, 2.45) is 0 Å². The van der Waals surface area contributed by atoms with Crippen LogP contribution < -0.4 is 10.1 Å². The molecule has 28 heavy (non-hydrogen) atoms. The average molecular weight is 383 g/mol. The molecule has 5 heteroatoms. The molecule has 150 valence electrons. The van der Waals surface area contributed by atoms with Gasteiger partial charge in [-0.2, -0.15) is 0 Å². The third-order valence-corrected chi connectivity index (χ3v) is 5.29. The monoisotopic (exact) mass is 382 g/mol. The summed E-state index contributed by atoms with van der Waals surface area (Å²) in [6.45, 7) is 3.67. The molecule has 0 aromatic heterocycles. The van der Waals surface area contributed by atoms with Gasteiger partial charge >= 0.3 is 0 Å². The Morgan fingerprint density at radius 2 is 2.00 bits per heavy atom. The number of piperidine rings is 1. The lowest BCUT2D eigenvalue weighted by molar-refractivity contribution is 0.0680. The SMILES string of the molecule is COCCN(Cc1ccc(OC)cc1)C(=O)c1cccc(C2CCCNC2)c1. The van der Waals surface area contributed by atoms with Gasteiger partial charge in [0.2, 0.25) is 0 Å². The Bertz CT molecular complexity index is 755. The maximum Gasteiger partial charge on any atom is 0.254 e. The zero-order valence-electron chi connectivity index (χ0n) is 16.8. The summed E-state index contributed by atoms with van der Waals surface area (Å²) in [6, 6.07) is 15.9. The summed E-state index contributed by atoms with van der Waals surface area (Å²) in [5, 5.41) is 3.45. The van der Waals surface area contributed by atoms with Crippen molar-refractivity contribution >= 4 is 5.91 Å². The highest BCUT2D eigenvalue weighted by Crippen LogP contribution is 2.24. The molecule has 1 atom stereocenters. The van der Waals surface area contributed by atoms with Gasteiger partial charge in [0.15, 0.2) is 0 Å². The molecule has 1 unspecified atom stereocenters. The van der Waals surface area contributed by atoms with Crippen LogP contribution in [0.15, 0.2) is 48.5 Å². The first-order valence-corrected chi connectivity index (χ1v) is 9.93. The Morgan fingerprint density at radius 3 is 2.68 bits per heavy atom. The smallest absolute Gasteiger partial charge is 0.254 e. The van der Waals surface area contributed by atoms with Gasteiger partial charge in [-0.25, -0.2) is 0 Å². The molecule has 1 aliphatic heterocycles. The zero-order valence-corrected chi connectivity index (χ0v) is 16.8. The van der Waals surface area contributed by atoms with Gasteiger partial charge in [0.25, 0.3) is 5.91 Å². The molecule has 1 saturated heterocycles. The topological polar surface area (TPSA) is 50.8 Å². The molecule has 2 aromatic carbocycles. The number of amides is 1. The Hall–Kier alpha value is -2.37. The number of ether oxygens (including phenoxy) is 2. The highest BCUT2D eigenvalue weighted by atomic mass is 16.5. The summed E-state index contributed by atoms with van der Waals surface area (Å²) in [6.07, 6.45) is 2.35. The second-order valence-electron chi connectivity index (χ2n) is 7.24. The van der Waals surface area contributed by atoms with Crippen LogP contribution in [-0.4, -0.2) is 51.3 Å². The Morgan fingerprint density at radius 1 is 1.18 bits per heavy atom. The maximum atomic E-state index is 13.2. The van der Waals surface area contributed by atoms with E-state index in [1.165, 1.54) is 18.4 Å². The third kappa shape index (κ3) is 5.33. The summed E-state index contributed by atoms with van der Waals surface area (Å²) >= 11 is 0. The first-order valence-electron chi connectivity index (χ1n) is 9.93. The number of hydrogen-bond donors (Lipinski definition) is 1. The molecule has 0 spiro atoms. The van der Waals surface area contributed by atoms with Crippen molar-refractivity contribution in [1.82, 2.24) is 10.2 Å². The maximum absolute atomic E-state index is 13.2. The van der Waals surface area contributed by atoms with Gasteiger partial charge in [-0.15, -0.1) is 0 Å². The first kappa shape index (κ1) is 20.4. The summed E-state index contributed by atoms with van der Waals surface area (Å²) in [5.41, 5.74) is 3.06. The first-order chi connectivity index (χ1) is 13.7. The van der Waals surface area contributed by atoms with Crippen molar-refractivity contribution in [1.29, 1.82) is 0 Å². The molecular formula is C23H30N2O3. The molecule has 0 bridgehead atoms. The van der Waals surface area contributed by atoms with E-state index in [1.807, 2.05) is 41.3 Å². The van der Waals surface area contributed by atoms with E-state index in [9.17, 15) is 4.79 Å². The van der Waals surface area contributed by atoms with E-state index >= 15 is 0 Å². The normalized spacial score (nSPS) is 16.6. The minimum atomic E-state index is 0.0403. The van der Waals surface area contributed by atoms with Crippen molar-refractivity contribution in [2.75, 3.05) is 40.5 Å². The number of nitrogens with zero attached hydrogens (tertiary/aromatic N) is 1. The van der Waals surface area contributed by atoms with Crippen LogP contribution in [0.2, 0.25) is 0 Å². The Labute approximate surface area is 167 Å². The van der Waals surface area contributed by atoms with Crippen LogP contribution in [0.4, 0.5) is 0 Å². The molecule has 1 amide bonds. The van der Waals surface area contributed by atoms with Crippen molar-refractivity contribution in [3.63, 3.8) is 0 Å². The van der Waals surface area contributed by atoms with E-state index in [-0.39, 0.29) is 5.91 Å². The summed E-state index contributed by atoms with van der Waals surface area (Å²) in [5.74, 6) is 1.33. The number of methoxy groups -OCH3 is 2. The Kier molecular flexibility index (Phi) is 7.46. The highest BCUT2D eigenvalue weighted by molar-refractivity contribution is 5.94. The van der Waals surface area contributed by atoms with E-state index in [0.29, 0.717) is 25.6 Å². The molecule has 1 N–H and O–H groups in total. The lowest BCUT2D eigenvalue weighted by Crippen LogP contribution is -2.33. The lowest BCUT2D eigenvalue weighted by atomic mass is 9.90. The van der Waals surface area contributed by atoms with Gasteiger partial charge in [0.1, 0.15) is 5.75 Å². The van der Waals surface area contributed by atoms with Crippen molar-refractivity contribution in [2.45, 2.75) is 25.3 Å². The highest BCUT2D eigenvalue weighted by Gasteiger charge is 2.20. The summed E-state index contributed by atoms with van der Waals surface area (Å²) in [7, 11) is 3.31. The van der Waals surface area contributed by atoms with Crippen LogP contribution in [0.25, 0.3) is 0 Å². The van der Waals surface area contributed by atoms with E-state index in [0.717, 1.165) is 30.0 Å². The molecule has 2 aromatic rings. The van der Waals surface area contributed by atoms with E-state index in [1.54, 1.807) is 14.2 Å². The minimum Gasteiger partial charge on any atom is -0.497 e. The van der Waals surface area contributed by atoms with Crippen LogP contribution in [0.1, 0.15) is 40.2 Å². The fraction of sp³-hybridized carbons (Fsp3) is 0.435. The van der Waals surface area contributed by atoms with Crippen molar-refractivity contribution < 1.29 is 14.3 Å². The molecule has 1 heterocycles. The van der Waals surface area contributed by atoms with Gasteiger partial charge < -0.3 is 19.7 Å². The number of carbonyl (C=O) groups is 1. The van der Waals surface area contributed by atoms with Gasteiger partial charge in [0.05, 0.1) is 13.7 Å². The number of nitrogens with one attached hydrogen (secondary N) is 1. The number of rotatable bonds is 8. The van der Waals surface area contributed by atoms with Gasteiger partial charge in [-0.1, -0.05) is 24.3 Å². The van der Waals surface area contributed by atoms with Gasteiger partial charge in [-0.3, -0.25) is 4.79 Å². The van der Waals surface area contributed by atoms with Gasteiger partial charge in [0, 0.05) is 32.3 Å². The average Bonchev–Trinajstić information content (AvgIpc) is 2.77. The van der Waals surface area contributed by atoms with E-state index in [2.05, 4.69) is 17.4 Å².